The Labute approximate surface area is 62.2 Å². The summed E-state index contributed by atoms with van der Waals surface area (Å²) in [6.45, 7) is 0. The van der Waals surface area contributed by atoms with E-state index in [0.717, 1.165) is 0 Å². The molecule has 0 spiro atoms. The fourth-order valence-electron chi connectivity index (χ4n) is 1.27. The normalized spacial score (nSPS) is 35.5. The van der Waals surface area contributed by atoms with Gasteiger partial charge in [0.15, 0.2) is 0 Å². The monoisotopic (exact) mass is 165 g/mol. The third-order valence-corrected chi connectivity index (χ3v) is 2.03. The third-order valence-electron chi connectivity index (χ3n) is 2.03. The van der Waals surface area contributed by atoms with Crippen molar-refractivity contribution >= 4 is 5.97 Å². The second-order valence-electron chi connectivity index (χ2n) is 2.77. The van der Waals surface area contributed by atoms with E-state index in [2.05, 4.69) is 0 Å². The van der Waals surface area contributed by atoms with Crippen molar-refractivity contribution in [3.05, 3.63) is 0 Å². The van der Waals surface area contributed by atoms with Crippen molar-refractivity contribution in [1.82, 2.24) is 0 Å². The highest BCUT2D eigenvalue weighted by molar-refractivity contribution is 5.71. The van der Waals surface area contributed by atoms with Crippen molar-refractivity contribution in [2.45, 2.75) is 24.8 Å². The number of carboxylic acids is 1. The first kappa shape index (κ1) is 8.39. The van der Waals surface area contributed by atoms with E-state index in [4.69, 9.17) is 10.8 Å². The molecule has 1 rings (SSSR count). The molecule has 0 amide bonds. The average molecular weight is 165 g/mol. The molecule has 3 nitrogen and oxygen atoms in total. The molecular weight excluding hydrogens is 156 g/mol. The molecule has 1 saturated carbocycles. The van der Waals surface area contributed by atoms with Crippen LogP contribution in [0.15, 0.2) is 0 Å². The summed E-state index contributed by atoms with van der Waals surface area (Å²) in [5.41, 5.74) is 5.03. The van der Waals surface area contributed by atoms with Crippen LogP contribution in [-0.2, 0) is 4.79 Å². The summed E-state index contributed by atoms with van der Waals surface area (Å²) >= 11 is 0. The Bertz CT molecular complexity index is 183. The zero-order valence-corrected chi connectivity index (χ0v) is 5.76. The molecule has 11 heavy (non-hydrogen) atoms. The van der Waals surface area contributed by atoms with E-state index in [1.165, 1.54) is 0 Å². The standard InChI is InChI=1S/C6H9F2NO2/c7-6(8)2-1-3(4(6)9)5(10)11/h3-4H,1-2,9H2,(H,10,11)/t3-,4-/m0/s1. The second kappa shape index (κ2) is 2.41. The molecule has 1 aliphatic carbocycles. The number of halogens is 2. The first-order chi connectivity index (χ1) is 4.95. The van der Waals surface area contributed by atoms with Gasteiger partial charge >= 0.3 is 5.97 Å². The lowest BCUT2D eigenvalue weighted by Gasteiger charge is -2.16. The Morgan fingerprint density at radius 3 is 2.36 bits per heavy atom. The van der Waals surface area contributed by atoms with Gasteiger partial charge in [0.05, 0.1) is 12.0 Å². The maximum Gasteiger partial charge on any atom is 0.308 e. The van der Waals surface area contributed by atoms with Crippen LogP contribution in [0.2, 0.25) is 0 Å². The number of aliphatic carboxylic acids is 1. The van der Waals surface area contributed by atoms with Crippen LogP contribution in [0.5, 0.6) is 0 Å². The maximum absolute atomic E-state index is 12.6. The summed E-state index contributed by atoms with van der Waals surface area (Å²) in [6, 6.07) is -1.51. The molecule has 3 N–H and O–H groups in total. The first-order valence-corrected chi connectivity index (χ1v) is 3.31. The van der Waals surface area contributed by atoms with Crippen molar-refractivity contribution in [3.63, 3.8) is 0 Å². The SMILES string of the molecule is N[C@H]1[C@@H](C(=O)O)CCC1(F)F. The second-order valence-corrected chi connectivity index (χ2v) is 2.77. The van der Waals surface area contributed by atoms with Gasteiger partial charge in [-0.05, 0) is 6.42 Å². The van der Waals surface area contributed by atoms with Crippen molar-refractivity contribution < 1.29 is 18.7 Å². The fraction of sp³-hybridized carbons (Fsp3) is 0.833. The molecule has 64 valence electrons. The number of nitrogens with two attached hydrogens (primary N) is 1. The third kappa shape index (κ3) is 1.33. The largest absolute Gasteiger partial charge is 0.481 e. The Morgan fingerprint density at radius 1 is 1.64 bits per heavy atom. The summed E-state index contributed by atoms with van der Waals surface area (Å²) in [7, 11) is 0. The predicted octanol–water partition coefficient (Wildman–Crippen LogP) is 0.444. The van der Waals surface area contributed by atoms with Crippen LogP contribution in [0, 0.1) is 5.92 Å². The molecule has 0 radical (unpaired) electrons. The van der Waals surface area contributed by atoms with Gasteiger partial charge < -0.3 is 10.8 Å². The quantitative estimate of drug-likeness (QED) is 0.592. The minimum Gasteiger partial charge on any atom is -0.481 e. The summed E-state index contributed by atoms with van der Waals surface area (Å²) in [4.78, 5) is 10.3. The van der Waals surface area contributed by atoms with Crippen molar-refractivity contribution in [2.24, 2.45) is 11.7 Å². The van der Waals surface area contributed by atoms with Gasteiger partial charge in [-0.25, -0.2) is 8.78 Å². The zero-order chi connectivity index (χ0) is 8.65. The van der Waals surface area contributed by atoms with Crippen LogP contribution in [-0.4, -0.2) is 23.0 Å². The van der Waals surface area contributed by atoms with Gasteiger partial charge in [-0.2, -0.15) is 0 Å². The van der Waals surface area contributed by atoms with Gasteiger partial charge in [-0.15, -0.1) is 0 Å². The summed E-state index contributed by atoms with van der Waals surface area (Å²) in [5, 5.41) is 8.40. The number of rotatable bonds is 1. The molecule has 1 fully saturated rings. The lowest BCUT2D eigenvalue weighted by atomic mass is 10.0. The van der Waals surface area contributed by atoms with E-state index in [1.54, 1.807) is 0 Å². The number of carbonyl (C=O) groups is 1. The van der Waals surface area contributed by atoms with Crippen LogP contribution in [0.3, 0.4) is 0 Å². The molecule has 0 bridgehead atoms. The van der Waals surface area contributed by atoms with Crippen molar-refractivity contribution in [3.8, 4) is 0 Å². The Hall–Kier alpha value is -0.710. The molecule has 0 aliphatic heterocycles. The number of carboxylic acid groups (broad SMARTS) is 1. The van der Waals surface area contributed by atoms with Crippen LogP contribution in [0.25, 0.3) is 0 Å². The Morgan fingerprint density at radius 2 is 2.18 bits per heavy atom. The minimum absolute atomic E-state index is 0.0243. The van der Waals surface area contributed by atoms with Gasteiger partial charge in [0.25, 0.3) is 5.92 Å². The van der Waals surface area contributed by atoms with Gasteiger partial charge in [-0.1, -0.05) is 0 Å². The van der Waals surface area contributed by atoms with Gasteiger partial charge in [0, 0.05) is 6.42 Å². The lowest BCUT2D eigenvalue weighted by Crippen LogP contribution is -2.42. The molecule has 1 aliphatic rings. The summed E-state index contributed by atoms with van der Waals surface area (Å²) in [6.07, 6.45) is -0.436. The van der Waals surface area contributed by atoms with E-state index >= 15 is 0 Å². The highest BCUT2D eigenvalue weighted by Crippen LogP contribution is 2.37. The Balaban J connectivity index is 2.71. The van der Waals surface area contributed by atoms with E-state index in [0.29, 0.717) is 0 Å². The van der Waals surface area contributed by atoms with Gasteiger partial charge in [0.1, 0.15) is 0 Å². The van der Waals surface area contributed by atoms with E-state index in [1.807, 2.05) is 0 Å². The number of hydrogen-bond acceptors (Lipinski definition) is 2. The number of alkyl halides is 2. The molecule has 0 saturated heterocycles. The fourth-order valence-corrected chi connectivity index (χ4v) is 1.27. The molecule has 5 heteroatoms. The number of hydrogen-bond donors (Lipinski definition) is 2. The first-order valence-electron chi connectivity index (χ1n) is 3.31. The summed E-state index contributed by atoms with van der Waals surface area (Å²) in [5.74, 6) is -5.30. The molecule has 0 aromatic heterocycles. The zero-order valence-electron chi connectivity index (χ0n) is 5.76. The molecular formula is C6H9F2NO2. The average Bonchev–Trinajstić information content (AvgIpc) is 2.09. The molecule has 0 aromatic rings. The van der Waals surface area contributed by atoms with E-state index in [9.17, 15) is 13.6 Å². The Kier molecular flexibility index (Phi) is 1.83. The van der Waals surface area contributed by atoms with Crippen LogP contribution in [0.1, 0.15) is 12.8 Å². The molecule has 0 unspecified atom stereocenters. The summed E-state index contributed by atoms with van der Waals surface area (Å²) < 4.78 is 25.1. The smallest absolute Gasteiger partial charge is 0.308 e. The van der Waals surface area contributed by atoms with Crippen molar-refractivity contribution in [1.29, 1.82) is 0 Å². The van der Waals surface area contributed by atoms with Gasteiger partial charge in [-0.3, -0.25) is 4.79 Å². The maximum atomic E-state index is 12.6. The molecule has 0 heterocycles. The highest BCUT2D eigenvalue weighted by Gasteiger charge is 2.50. The lowest BCUT2D eigenvalue weighted by molar-refractivity contribution is -0.143. The van der Waals surface area contributed by atoms with Gasteiger partial charge in [0.2, 0.25) is 0 Å². The minimum atomic E-state index is -3.00. The molecule has 2 atom stereocenters. The molecule has 0 aromatic carbocycles. The van der Waals surface area contributed by atoms with Crippen molar-refractivity contribution in [2.75, 3.05) is 0 Å². The van der Waals surface area contributed by atoms with Crippen LogP contribution < -0.4 is 5.73 Å². The van der Waals surface area contributed by atoms with Crippen LogP contribution in [0.4, 0.5) is 8.78 Å². The van der Waals surface area contributed by atoms with Crippen LogP contribution >= 0.6 is 0 Å². The highest BCUT2D eigenvalue weighted by atomic mass is 19.3. The van der Waals surface area contributed by atoms with E-state index < -0.39 is 30.3 Å². The van der Waals surface area contributed by atoms with E-state index in [-0.39, 0.29) is 6.42 Å². The predicted molar refractivity (Wildman–Crippen MR) is 33.3 cm³/mol. The topological polar surface area (TPSA) is 63.3 Å².